The molecule has 0 spiro atoms. The molecular formula is C19H13BrClFN4O3S. The lowest BCUT2D eigenvalue weighted by Gasteiger charge is -2.09. The Morgan fingerprint density at radius 3 is 2.77 bits per heavy atom. The Balaban J connectivity index is 1.33. The van der Waals surface area contributed by atoms with Crippen LogP contribution >= 0.6 is 39.3 Å². The second-order valence-corrected chi connectivity index (χ2v) is 8.78. The second-order valence-electron chi connectivity index (χ2n) is 6.29. The number of hydrogen-bond donors (Lipinski definition) is 1. The van der Waals surface area contributed by atoms with E-state index in [0.717, 1.165) is 22.3 Å². The van der Waals surface area contributed by atoms with Crippen LogP contribution in [0.5, 0.6) is 5.75 Å². The number of carbonyl (C=O) groups excluding carboxylic acids is 2. The first-order valence-corrected chi connectivity index (χ1v) is 10.7. The molecule has 2 aromatic carbocycles. The molecule has 0 radical (unpaired) electrons. The summed E-state index contributed by atoms with van der Waals surface area (Å²) in [6, 6.07) is 11.2. The van der Waals surface area contributed by atoms with E-state index in [1.165, 1.54) is 16.8 Å². The number of nitrogens with zero attached hydrogens (tertiary/aromatic N) is 3. The van der Waals surface area contributed by atoms with Crippen LogP contribution in [-0.4, -0.2) is 31.8 Å². The maximum atomic E-state index is 13.2. The standard InChI is InChI=1S/C19H13BrClFN4O3S/c20-10-1-4-12(5-2-10)29-9-16-24-19-26(25-16)18(28)15(30-19)8-17(27)23-11-3-6-14(22)13(21)7-11/h1-7,15H,8-9H2,(H,23,27). The molecule has 30 heavy (non-hydrogen) atoms. The molecule has 1 unspecified atom stereocenters. The molecule has 0 saturated carbocycles. The minimum absolute atomic E-state index is 0.0751. The van der Waals surface area contributed by atoms with Crippen LogP contribution in [0, 0.1) is 5.82 Å². The molecule has 0 bridgehead atoms. The van der Waals surface area contributed by atoms with E-state index in [1.54, 1.807) is 12.1 Å². The topological polar surface area (TPSA) is 86.1 Å². The summed E-state index contributed by atoms with van der Waals surface area (Å²) in [4.78, 5) is 29.1. The van der Waals surface area contributed by atoms with Gasteiger partial charge in [-0.15, -0.1) is 5.10 Å². The van der Waals surface area contributed by atoms with Gasteiger partial charge in [-0.25, -0.2) is 9.37 Å². The fourth-order valence-electron chi connectivity index (χ4n) is 2.70. The van der Waals surface area contributed by atoms with Crippen molar-refractivity contribution in [1.82, 2.24) is 14.8 Å². The first kappa shape index (κ1) is 20.8. The lowest BCUT2D eigenvalue weighted by Crippen LogP contribution is -2.25. The largest absolute Gasteiger partial charge is 0.486 e. The van der Waals surface area contributed by atoms with Gasteiger partial charge in [0.2, 0.25) is 5.91 Å². The van der Waals surface area contributed by atoms with Crippen molar-refractivity contribution in [3.63, 3.8) is 0 Å². The average Bonchev–Trinajstić information content (AvgIpc) is 3.23. The Bertz CT molecular complexity index is 1130. The predicted octanol–water partition coefficient (Wildman–Crippen LogP) is 4.56. The molecule has 0 saturated heterocycles. The molecule has 3 aromatic rings. The zero-order valence-electron chi connectivity index (χ0n) is 15.1. The van der Waals surface area contributed by atoms with Gasteiger partial charge in [-0.05, 0) is 42.5 Å². The van der Waals surface area contributed by atoms with Gasteiger partial charge in [0.1, 0.15) is 23.4 Å². The molecule has 0 fully saturated rings. The first-order valence-electron chi connectivity index (χ1n) is 8.69. The van der Waals surface area contributed by atoms with Gasteiger partial charge in [-0.2, -0.15) is 4.68 Å². The number of amides is 1. The number of anilines is 1. The summed E-state index contributed by atoms with van der Waals surface area (Å²) < 4.78 is 21.0. The Hall–Kier alpha value is -2.43. The number of carbonyl (C=O) groups is 2. The summed E-state index contributed by atoms with van der Waals surface area (Å²) in [5.41, 5.74) is 0.352. The van der Waals surface area contributed by atoms with Gasteiger partial charge in [0.25, 0.3) is 5.91 Å². The van der Waals surface area contributed by atoms with Crippen LogP contribution in [0.15, 0.2) is 52.1 Å². The number of thioether (sulfide) groups is 1. The minimum atomic E-state index is -0.641. The van der Waals surface area contributed by atoms with Crippen LogP contribution < -0.4 is 10.1 Å². The summed E-state index contributed by atoms with van der Waals surface area (Å²) in [5, 5.41) is 6.46. The maximum absolute atomic E-state index is 13.2. The van der Waals surface area contributed by atoms with Crippen LogP contribution in [0.2, 0.25) is 5.02 Å². The van der Waals surface area contributed by atoms with Crippen LogP contribution in [0.4, 0.5) is 10.1 Å². The zero-order valence-corrected chi connectivity index (χ0v) is 18.3. The third-order valence-corrected chi connectivity index (χ3v) is 6.06. The number of hydrogen-bond acceptors (Lipinski definition) is 6. The second kappa shape index (κ2) is 8.75. The van der Waals surface area contributed by atoms with Crippen LogP contribution in [0.25, 0.3) is 0 Å². The van der Waals surface area contributed by atoms with Crippen LogP contribution in [0.3, 0.4) is 0 Å². The monoisotopic (exact) mass is 510 g/mol. The van der Waals surface area contributed by atoms with Crippen LogP contribution in [0.1, 0.15) is 17.0 Å². The summed E-state index contributed by atoms with van der Waals surface area (Å²) in [7, 11) is 0. The van der Waals surface area contributed by atoms with Crippen molar-refractivity contribution in [1.29, 1.82) is 0 Å². The molecule has 1 aromatic heterocycles. The molecule has 1 N–H and O–H groups in total. The normalized spacial score (nSPS) is 15.2. The highest BCUT2D eigenvalue weighted by molar-refractivity contribution is 9.10. The summed E-state index contributed by atoms with van der Waals surface area (Å²) in [6.07, 6.45) is -0.0751. The van der Waals surface area contributed by atoms with Crippen molar-refractivity contribution in [2.45, 2.75) is 23.4 Å². The van der Waals surface area contributed by atoms with Crippen molar-refractivity contribution in [3.8, 4) is 5.75 Å². The summed E-state index contributed by atoms with van der Waals surface area (Å²) in [5.74, 6) is -0.273. The molecule has 1 aliphatic heterocycles. The van der Waals surface area contributed by atoms with Gasteiger partial charge in [0.05, 0.1) is 5.02 Å². The molecule has 4 rings (SSSR count). The van der Waals surface area contributed by atoms with Crippen molar-refractivity contribution in [2.75, 3.05) is 5.32 Å². The molecule has 1 atom stereocenters. The highest BCUT2D eigenvalue weighted by Gasteiger charge is 2.36. The number of aromatic nitrogens is 3. The van der Waals surface area contributed by atoms with E-state index in [2.05, 4.69) is 31.3 Å². The summed E-state index contributed by atoms with van der Waals surface area (Å²) >= 11 is 10.2. The fraction of sp³-hybridized carbons (Fsp3) is 0.158. The van der Waals surface area contributed by atoms with Gasteiger partial charge in [-0.1, -0.05) is 39.3 Å². The third kappa shape index (κ3) is 4.66. The van der Waals surface area contributed by atoms with Crippen molar-refractivity contribution in [3.05, 3.63) is 63.6 Å². The number of ether oxygens (including phenoxy) is 1. The van der Waals surface area contributed by atoms with Gasteiger partial charge in [-0.3, -0.25) is 9.59 Å². The molecule has 2 heterocycles. The number of fused-ring (bicyclic) bond motifs is 1. The number of benzene rings is 2. The molecule has 11 heteroatoms. The van der Waals surface area contributed by atoms with Gasteiger partial charge < -0.3 is 10.1 Å². The minimum Gasteiger partial charge on any atom is -0.486 e. The van der Waals surface area contributed by atoms with Crippen molar-refractivity contribution < 1.29 is 18.7 Å². The van der Waals surface area contributed by atoms with E-state index in [4.69, 9.17) is 16.3 Å². The molecule has 1 aliphatic rings. The van der Waals surface area contributed by atoms with E-state index in [1.807, 2.05) is 12.1 Å². The van der Waals surface area contributed by atoms with E-state index in [9.17, 15) is 14.0 Å². The molecule has 154 valence electrons. The Labute approximate surface area is 188 Å². The van der Waals surface area contributed by atoms with Gasteiger partial charge in [0, 0.05) is 16.6 Å². The van der Waals surface area contributed by atoms with E-state index < -0.39 is 17.0 Å². The zero-order chi connectivity index (χ0) is 21.3. The average molecular weight is 512 g/mol. The summed E-state index contributed by atoms with van der Waals surface area (Å²) in [6.45, 7) is 0.117. The highest BCUT2D eigenvalue weighted by Crippen LogP contribution is 2.32. The highest BCUT2D eigenvalue weighted by atomic mass is 79.9. The first-order chi connectivity index (χ1) is 14.4. The van der Waals surface area contributed by atoms with E-state index in [-0.39, 0.29) is 24.0 Å². The van der Waals surface area contributed by atoms with Crippen molar-refractivity contribution >= 4 is 56.8 Å². The lowest BCUT2D eigenvalue weighted by molar-refractivity contribution is -0.116. The Kier molecular flexibility index (Phi) is 6.07. The third-order valence-electron chi connectivity index (χ3n) is 4.11. The maximum Gasteiger partial charge on any atom is 0.263 e. The van der Waals surface area contributed by atoms with Crippen molar-refractivity contribution in [2.24, 2.45) is 0 Å². The van der Waals surface area contributed by atoms with E-state index in [0.29, 0.717) is 22.4 Å². The van der Waals surface area contributed by atoms with Crippen LogP contribution in [-0.2, 0) is 11.4 Å². The number of nitrogens with one attached hydrogen (secondary N) is 1. The fourth-order valence-corrected chi connectivity index (χ4v) is 4.22. The lowest BCUT2D eigenvalue weighted by atomic mass is 10.2. The molecule has 1 amide bonds. The van der Waals surface area contributed by atoms with Gasteiger partial charge in [0.15, 0.2) is 11.0 Å². The van der Waals surface area contributed by atoms with E-state index >= 15 is 0 Å². The Morgan fingerprint density at radius 1 is 1.30 bits per heavy atom. The number of rotatable bonds is 6. The molecule has 0 aliphatic carbocycles. The SMILES string of the molecule is O=C(CC1Sc2nc(COc3ccc(Br)cc3)nn2C1=O)Nc1ccc(F)c(Cl)c1. The molecular weight excluding hydrogens is 499 g/mol. The predicted molar refractivity (Wildman–Crippen MR) is 113 cm³/mol. The number of halogens is 3. The molecule has 7 nitrogen and oxygen atoms in total. The quantitative estimate of drug-likeness (QED) is 0.522. The Morgan fingerprint density at radius 2 is 2.07 bits per heavy atom. The van der Waals surface area contributed by atoms with Gasteiger partial charge >= 0.3 is 0 Å². The smallest absolute Gasteiger partial charge is 0.263 e.